The molecule has 3 aromatic heterocycles. The molecule has 35 heavy (non-hydrogen) atoms. The summed E-state index contributed by atoms with van der Waals surface area (Å²) in [6.07, 6.45) is 1.93. The van der Waals surface area contributed by atoms with Crippen molar-refractivity contribution in [2.24, 2.45) is 7.05 Å². The van der Waals surface area contributed by atoms with Gasteiger partial charge >= 0.3 is 0 Å². The van der Waals surface area contributed by atoms with E-state index in [0.717, 1.165) is 5.52 Å². The number of fused-ring (bicyclic) bond motifs is 8. The highest BCUT2D eigenvalue weighted by atomic mass is 15.1. The highest BCUT2D eigenvalue weighted by molar-refractivity contribution is 6.11. The van der Waals surface area contributed by atoms with Gasteiger partial charge in [0.15, 0.2) is 11.0 Å². The minimum atomic E-state index is 0.457. The molecule has 0 unspecified atom stereocenters. The first-order valence-corrected chi connectivity index (χ1v) is 12.6. The first-order valence-electron chi connectivity index (χ1n) is 12.6. The van der Waals surface area contributed by atoms with Crippen LogP contribution in [0.4, 0.5) is 0 Å². The molecule has 0 fully saturated rings. The molecule has 3 heterocycles. The maximum atomic E-state index is 4.83. The van der Waals surface area contributed by atoms with E-state index in [4.69, 9.17) is 4.98 Å². The number of hydrogen-bond donors (Lipinski definition) is 0. The van der Waals surface area contributed by atoms with E-state index < -0.39 is 0 Å². The van der Waals surface area contributed by atoms with Gasteiger partial charge in [-0.2, -0.15) is 4.40 Å². The summed E-state index contributed by atoms with van der Waals surface area (Å²) < 4.78 is 4.78. The lowest BCUT2D eigenvalue weighted by atomic mass is 9.85. The maximum Gasteiger partial charge on any atom is 0.297 e. The van der Waals surface area contributed by atoms with E-state index in [1.807, 2.05) is 6.20 Å². The van der Waals surface area contributed by atoms with Crippen LogP contribution in [0.5, 0.6) is 0 Å². The monoisotopic (exact) mass is 458 g/mol. The zero-order chi connectivity index (χ0) is 24.4. The van der Waals surface area contributed by atoms with Crippen LogP contribution in [0.15, 0.2) is 72.9 Å². The average molecular weight is 459 g/mol. The van der Waals surface area contributed by atoms with Crippen molar-refractivity contribution >= 4 is 38.5 Å². The summed E-state index contributed by atoms with van der Waals surface area (Å²) in [4.78, 5) is 4.83. The highest BCUT2D eigenvalue weighted by Gasteiger charge is 2.26. The Morgan fingerprint density at radius 3 is 2.23 bits per heavy atom. The molecule has 0 radical (unpaired) electrons. The van der Waals surface area contributed by atoms with Gasteiger partial charge in [0.1, 0.15) is 5.52 Å². The van der Waals surface area contributed by atoms with Crippen molar-refractivity contribution in [2.75, 3.05) is 0 Å². The van der Waals surface area contributed by atoms with E-state index in [1.165, 1.54) is 60.8 Å². The molecule has 3 heteroatoms. The summed E-state index contributed by atoms with van der Waals surface area (Å²) in [5.41, 5.74) is 12.7. The minimum Gasteiger partial charge on any atom is -0.255 e. The van der Waals surface area contributed by atoms with Gasteiger partial charge in [-0.3, -0.25) is 4.98 Å². The number of nitrogens with zero attached hydrogens (tertiary/aromatic N) is 3. The fourth-order valence-electron chi connectivity index (χ4n) is 5.84. The van der Waals surface area contributed by atoms with Gasteiger partial charge in [0, 0.05) is 11.6 Å². The highest BCUT2D eigenvalue weighted by Crippen LogP contribution is 2.38. The van der Waals surface area contributed by atoms with E-state index in [0.29, 0.717) is 11.8 Å². The number of rotatable bonds is 3. The predicted octanol–water partition coefficient (Wildman–Crippen LogP) is 7.84. The Bertz CT molecular complexity index is 1740. The topological polar surface area (TPSA) is 21.2 Å². The number of hydrogen-bond acceptors (Lipinski definition) is 1. The molecule has 0 amide bonds. The molecule has 0 saturated carbocycles. The molecule has 0 spiro atoms. The van der Waals surface area contributed by atoms with Gasteiger partial charge in [0.25, 0.3) is 5.65 Å². The van der Waals surface area contributed by atoms with Crippen LogP contribution < -0.4 is 4.57 Å². The number of imidazole rings is 1. The largest absolute Gasteiger partial charge is 0.297 e. The quantitative estimate of drug-likeness (QED) is 0.195. The van der Waals surface area contributed by atoms with Crippen molar-refractivity contribution in [3.05, 3.63) is 89.6 Å². The lowest BCUT2D eigenvalue weighted by molar-refractivity contribution is -0.617. The van der Waals surface area contributed by atoms with Gasteiger partial charge in [0.05, 0.1) is 18.0 Å². The van der Waals surface area contributed by atoms with Crippen LogP contribution in [0, 0.1) is 6.92 Å². The van der Waals surface area contributed by atoms with E-state index in [9.17, 15) is 0 Å². The second-order valence-corrected chi connectivity index (χ2v) is 10.4. The smallest absolute Gasteiger partial charge is 0.255 e. The Morgan fingerprint density at radius 2 is 1.51 bits per heavy atom. The number of para-hydroxylation sites is 1. The van der Waals surface area contributed by atoms with Crippen LogP contribution in [0.3, 0.4) is 0 Å². The van der Waals surface area contributed by atoms with Crippen molar-refractivity contribution in [2.45, 2.75) is 46.5 Å². The third-order valence-corrected chi connectivity index (χ3v) is 7.55. The first kappa shape index (κ1) is 21.8. The van der Waals surface area contributed by atoms with Gasteiger partial charge in [-0.05, 0) is 83.0 Å². The van der Waals surface area contributed by atoms with E-state index >= 15 is 0 Å². The molecule has 6 rings (SSSR count). The lowest BCUT2D eigenvalue weighted by Crippen LogP contribution is -2.27. The Kier molecular flexibility index (Phi) is 4.93. The zero-order valence-corrected chi connectivity index (χ0v) is 21.4. The molecule has 0 aliphatic rings. The molecule has 3 nitrogen and oxygen atoms in total. The molecule has 0 saturated heterocycles. The van der Waals surface area contributed by atoms with Gasteiger partial charge < -0.3 is 0 Å². The van der Waals surface area contributed by atoms with Crippen LogP contribution in [-0.2, 0) is 7.05 Å². The maximum absolute atomic E-state index is 4.83. The molecular weight excluding hydrogens is 426 g/mol. The Morgan fingerprint density at radius 1 is 0.800 bits per heavy atom. The average Bonchev–Trinajstić information content (AvgIpc) is 3.15. The fraction of sp³-hybridized carbons (Fsp3) is 0.250. The van der Waals surface area contributed by atoms with Crippen LogP contribution in [0.2, 0.25) is 0 Å². The van der Waals surface area contributed by atoms with Crippen LogP contribution >= 0.6 is 0 Å². The second-order valence-electron chi connectivity index (χ2n) is 10.4. The van der Waals surface area contributed by atoms with Gasteiger partial charge in [0.2, 0.25) is 0 Å². The molecule has 0 aliphatic heterocycles. The number of aromatic nitrogens is 3. The number of benzene rings is 3. The van der Waals surface area contributed by atoms with E-state index in [-0.39, 0.29) is 0 Å². The second kappa shape index (κ2) is 7.91. The van der Waals surface area contributed by atoms with Crippen molar-refractivity contribution in [3.8, 4) is 11.1 Å². The molecule has 0 atom stereocenters. The summed E-state index contributed by atoms with van der Waals surface area (Å²) in [5, 5.41) is 2.41. The third-order valence-electron chi connectivity index (χ3n) is 7.55. The normalized spacial score (nSPS) is 12.2. The Balaban J connectivity index is 1.81. The molecule has 174 valence electrons. The predicted molar refractivity (Wildman–Crippen MR) is 147 cm³/mol. The zero-order valence-electron chi connectivity index (χ0n) is 21.4. The Hall–Kier alpha value is -3.72. The first-order chi connectivity index (χ1) is 16.9. The molecule has 6 aromatic rings. The summed E-state index contributed by atoms with van der Waals surface area (Å²) >= 11 is 0. The minimum absolute atomic E-state index is 0.457. The molecule has 3 aromatic carbocycles. The summed E-state index contributed by atoms with van der Waals surface area (Å²) in [5.74, 6) is 0.913. The molecule has 0 bridgehead atoms. The van der Waals surface area contributed by atoms with Crippen molar-refractivity contribution in [1.29, 1.82) is 0 Å². The van der Waals surface area contributed by atoms with Crippen molar-refractivity contribution < 1.29 is 4.57 Å². The number of pyridine rings is 2. The van der Waals surface area contributed by atoms with Crippen LogP contribution in [0.1, 0.15) is 56.2 Å². The molecular formula is C32H32N3+. The fourth-order valence-corrected chi connectivity index (χ4v) is 5.84. The SMILES string of the molecule is Cc1ccnc2c3ccccc3n3c4cc(-c5c(C(C)C)cccc5C(C)C)ccc4[n+](C)c3c12. The molecule has 0 aliphatic carbocycles. The standard InChI is InChI=1S/C32H32N3/c1-19(2)23-11-9-12-24(20(3)4)30(23)22-14-15-27-28(18-22)35-26-13-8-7-10-25(26)31-29(32(35)34(27)6)21(5)16-17-33-31/h7-20H,1-6H3/q+1. The third kappa shape index (κ3) is 3.11. The van der Waals surface area contributed by atoms with E-state index in [1.54, 1.807) is 0 Å². The van der Waals surface area contributed by atoms with Gasteiger partial charge in [-0.1, -0.05) is 58.0 Å². The summed E-state index contributed by atoms with van der Waals surface area (Å²) in [7, 11) is 2.18. The van der Waals surface area contributed by atoms with Crippen molar-refractivity contribution in [3.63, 3.8) is 0 Å². The number of aryl methyl sites for hydroxylation is 2. The Labute approximate surface area is 206 Å². The lowest BCUT2D eigenvalue weighted by Gasteiger charge is -2.19. The van der Waals surface area contributed by atoms with Crippen LogP contribution in [-0.4, -0.2) is 9.38 Å². The summed E-state index contributed by atoms with van der Waals surface area (Å²) in [6.45, 7) is 11.4. The van der Waals surface area contributed by atoms with Gasteiger partial charge in [-0.15, -0.1) is 0 Å². The van der Waals surface area contributed by atoms with E-state index in [2.05, 4.69) is 117 Å². The van der Waals surface area contributed by atoms with Crippen LogP contribution in [0.25, 0.3) is 49.6 Å². The molecule has 0 N–H and O–H groups in total. The van der Waals surface area contributed by atoms with Crippen molar-refractivity contribution in [1.82, 2.24) is 9.38 Å². The summed E-state index contributed by atoms with van der Waals surface area (Å²) in [6, 6.07) is 24.6. The van der Waals surface area contributed by atoms with Gasteiger partial charge in [-0.25, -0.2) is 4.57 Å².